The lowest BCUT2D eigenvalue weighted by Gasteiger charge is -2.26. The Labute approximate surface area is 155 Å². The topological polar surface area (TPSA) is 67.2 Å². The number of rotatable bonds is 5. The van der Waals surface area contributed by atoms with Gasteiger partial charge in [0.05, 0.1) is 5.69 Å². The lowest BCUT2D eigenvalue weighted by Crippen LogP contribution is -2.42. The molecule has 0 radical (unpaired) electrons. The summed E-state index contributed by atoms with van der Waals surface area (Å²) in [6.07, 6.45) is 0. The Morgan fingerprint density at radius 2 is 1.81 bits per heavy atom. The highest BCUT2D eigenvalue weighted by molar-refractivity contribution is 5.99. The zero-order chi connectivity index (χ0) is 19.5. The van der Waals surface area contributed by atoms with Gasteiger partial charge in [0.1, 0.15) is 12.4 Å². The fraction of sp³-hybridized carbons (Fsp3) is 0.450. The number of nitrogens with zero attached hydrogens (tertiary/aromatic N) is 3. The summed E-state index contributed by atoms with van der Waals surface area (Å²) in [6.45, 7) is 9.99. The van der Waals surface area contributed by atoms with Crippen LogP contribution >= 0.6 is 0 Å². The summed E-state index contributed by atoms with van der Waals surface area (Å²) >= 11 is 0. The molecule has 26 heavy (non-hydrogen) atoms. The molecule has 2 amide bonds. The van der Waals surface area contributed by atoms with E-state index in [4.69, 9.17) is 0 Å². The van der Waals surface area contributed by atoms with Gasteiger partial charge in [-0.3, -0.25) is 14.3 Å². The molecule has 0 fully saturated rings. The minimum absolute atomic E-state index is 0.0125. The number of carbonyl (C=O) groups excluding carboxylic acids is 2. The third kappa shape index (κ3) is 4.71. The highest BCUT2D eigenvalue weighted by Crippen LogP contribution is 2.23. The molecule has 0 aliphatic carbocycles. The molecular weight excluding hydrogens is 328 g/mol. The molecule has 0 bridgehead atoms. The van der Waals surface area contributed by atoms with E-state index in [0.29, 0.717) is 11.4 Å². The van der Waals surface area contributed by atoms with E-state index in [2.05, 4.69) is 31.2 Å². The van der Waals surface area contributed by atoms with Gasteiger partial charge in [0.25, 0.3) is 5.91 Å². The predicted molar refractivity (Wildman–Crippen MR) is 103 cm³/mol. The van der Waals surface area contributed by atoms with Crippen molar-refractivity contribution in [3.63, 3.8) is 0 Å². The maximum absolute atomic E-state index is 12.7. The van der Waals surface area contributed by atoms with Gasteiger partial charge >= 0.3 is 0 Å². The number of aromatic nitrogens is 2. The molecule has 0 atom stereocenters. The summed E-state index contributed by atoms with van der Waals surface area (Å²) in [5.41, 5.74) is 1.37. The summed E-state index contributed by atoms with van der Waals surface area (Å²) in [4.78, 5) is 26.8. The molecule has 0 spiro atoms. The standard InChI is InChI=1S/C20H28N4O2/c1-14(2)24(19(26)15-10-8-7-9-11-15)13-18(25)21-17-12-16(20(3,4)5)22-23(17)6/h7-12,14H,13H2,1-6H3,(H,21,25). The van der Waals surface area contributed by atoms with Gasteiger partial charge in [0.2, 0.25) is 5.91 Å². The van der Waals surface area contributed by atoms with Crippen molar-refractivity contribution in [1.29, 1.82) is 0 Å². The number of anilines is 1. The summed E-state index contributed by atoms with van der Waals surface area (Å²) in [5.74, 6) is 0.221. The molecule has 1 heterocycles. The van der Waals surface area contributed by atoms with E-state index in [1.165, 1.54) is 0 Å². The third-order valence-electron chi connectivity index (χ3n) is 4.13. The van der Waals surface area contributed by atoms with Gasteiger partial charge in [-0.15, -0.1) is 0 Å². The molecule has 0 saturated heterocycles. The van der Waals surface area contributed by atoms with E-state index in [0.717, 1.165) is 5.69 Å². The Morgan fingerprint density at radius 1 is 1.19 bits per heavy atom. The third-order valence-corrected chi connectivity index (χ3v) is 4.13. The van der Waals surface area contributed by atoms with Crippen LogP contribution in [0, 0.1) is 0 Å². The number of hydrogen-bond acceptors (Lipinski definition) is 3. The lowest BCUT2D eigenvalue weighted by molar-refractivity contribution is -0.117. The van der Waals surface area contributed by atoms with Gasteiger partial charge in [-0.1, -0.05) is 39.0 Å². The molecule has 1 N–H and O–H groups in total. The van der Waals surface area contributed by atoms with E-state index in [1.54, 1.807) is 28.8 Å². The summed E-state index contributed by atoms with van der Waals surface area (Å²) in [5, 5.41) is 7.32. The SMILES string of the molecule is CC(C)N(CC(=O)Nc1cc(C(C)(C)C)nn1C)C(=O)c1ccccc1. The molecule has 6 heteroatoms. The monoisotopic (exact) mass is 356 g/mol. The van der Waals surface area contributed by atoms with Crippen molar-refractivity contribution in [1.82, 2.24) is 14.7 Å². The minimum atomic E-state index is -0.244. The molecule has 0 aliphatic rings. The number of carbonyl (C=O) groups is 2. The Balaban J connectivity index is 2.12. The first-order valence-electron chi connectivity index (χ1n) is 8.80. The van der Waals surface area contributed by atoms with Crippen LogP contribution < -0.4 is 5.32 Å². The van der Waals surface area contributed by atoms with Crippen LogP contribution in [0.25, 0.3) is 0 Å². The second-order valence-corrected chi connectivity index (χ2v) is 7.73. The Morgan fingerprint density at radius 3 is 2.31 bits per heavy atom. The van der Waals surface area contributed by atoms with Crippen molar-refractivity contribution in [3.8, 4) is 0 Å². The van der Waals surface area contributed by atoms with Crippen molar-refractivity contribution in [2.75, 3.05) is 11.9 Å². The normalized spacial score (nSPS) is 11.5. The van der Waals surface area contributed by atoms with Crippen LogP contribution in [0.2, 0.25) is 0 Å². The van der Waals surface area contributed by atoms with E-state index in [9.17, 15) is 9.59 Å². The largest absolute Gasteiger partial charge is 0.327 e. The smallest absolute Gasteiger partial charge is 0.254 e. The van der Waals surface area contributed by atoms with Crippen LogP contribution in [-0.4, -0.2) is 39.1 Å². The fourth-order valence-corrected chi connectivity index (χ4v) is 2.52. The molecular formula is C20H28N4O2. The molecule has 0 unspecified atom stereocenters. The van der Waals surface area contributed by atoms with E-state index in [-0.39, 0.29) is 29.8 Å². The summed E-state index contributed by atoms with van der Waals surface area (Å²) in [6, 6.07) is 10.8. The molecule has 0 saturated carbocycles. The number of aryl methyl sites for hydroxylation is 1. The summed E-state index contributed by atoms with van der Waals surface area (Å²) < 4.78 is 1.65. The lowest BCUT2D eigenvalue weighted by atomic mass is 9.92. The summed E-state index contributed by atoms with van der Waals surface area (Å²) in [7, 11) is 1.79. The first-order valence-corrected chi connectivity index (χ1v) is 8.80. The Bertz CT molecular complexity index is 773. The molecule has 1 aromatic heterocycles. The zero-order valence-electron chi connectivity index (χ0n) is 16.4. The maximum atomic E-state index is 12.7. The average Bonchev–Trinajstić information content (AvgIpc) is 2.93. The molecule has 6 nitrogen and oxygen atoms in total. The number of nitrogens with one attached hydrogen (secondary N) is 1. The van der Waals surface area contributed by atoms with Crippen molar-refractivity contribution in [2.24, 2.45) is 7.05 Å². The van der Waals surface area contributed by atoms with Gasteiger partial charge in [0, 0.05) is 30.1 Å². The van der Waals surface area contributed by atoms with E-state index >= 15 is 0 Å². The van der Waals surface area contributed by atoms with Crippen molar-refractivity contribution >= 4 is 17.6 Å². The first-order chi connectivity index (χ1) is 12.1. The highest BCUT2D eigenvalue weighted by atomic mass is 16.2. The Kier molecular flexibility index (Phi) is 5.85. The quantitative estimate of drug-likeness (QED) is 0.894. The Hall–Kier alpha value is -2.63. The molecule has 2 aromatic rings. The van der Waals surface area contributed by atoms with Crippen LogP contribution in [0.1, 0.15) is 50.7 Å². The van der Waals surface area contributed by atoms with Crippen LogP contribution in [0.3, 0.4) is 0 Å². The number of amides is 2. The van der Waals surface area contributed by atoms with Gasteiger partial charge in [-0.25, -0.2) is 0 Å². The van der Waals surface area contributed by atoms with Gasteiger partial charge in [-0.05, 0) is 26.0 Å². The fourth-order valence-electron chi connectivity index (χ4n) is 2.52. The van der Waals surface area contributed by atoms with Crippen LogP contribution in [0.15, 0.2) is 36.4 Å². The zero-order valence-corrected chi connectivity index (χ0v) is 16.4. The number of benzene rings is 1. The maximum Gasteiger partial charge on any atom is 0.254 e. The number of hydrogen-bond donors (Lipinski definition) is 1. The van der Waals surface area contributed by atoms with Crippen molar-refractivity contribution in [2.45, 2.75) is 46.1 Å². The minimum Gasteiger partial charge on any atom is -0.327 e. The molecule has 0 aliphatic heterocycles. The van der Waals surface area contributed by atoms with Crippen LogP contribution in [0.4, 0.5) is 5.82 Å². The highest BCUT2D eigenvalue weighted by Gasteiger charge is 2.23. The van der Waals surface area contributed by atoms with E-state index < -0.39 is 0 Å². The van der Waals surface area contributed by atoms with Gasteiger partial charge in [0.15, 0.2) is 0 Å². The molecule has 1 aromatic carbocycles. The second-order valence-electron chi connectivity index (χ2n) is 7.73. The molecule has 140 valence electrons. The van der Waals surface area contributed by atoms with Crippen molar-refractivity contribution < 1.29 is 9.59 Å². The second kappa shape index (κ2) is 7.72. The molecule has 2 rings (SSSR count). The van der Waals surface area contributed by atoms with Gasteiger partial charge in [-0.2, -0.15) is 5.10 Å². The van der Waals surface area contributed by atoms with Crippen molar-refractivity contribution in [3.05, 3.63) is 47.7 Å². The van der Waals surface area contributed by atoms with E-state index in [1.807, 2.05) is 38.1 Å². The average molecular weight is 356 g/mol. The van der Waals surface area contributed by atoms with Crippen LogP contribution in [0.5, 0.6) is 0 Å². The predicted octanol–water partition coefficient (Wildman–Crippen LogP) is 3.21. The first kappa shape index (κ1) is 19.7. The van der Waals surface area contributed by atoms with Gasteiger partial charge < -0.3 is 10.2 Å². The van der Waals surface area contributed by atoms with Crippen LogP contribution in [-0.2, 0) is 17.3 Å².